The highest BCUT2D eigenvalue weighted by atomic mass is 79.9. The third-order valence-electron chi connectivity index (χ3n) is 5.86. The van der Waals surface area contributed by atoms with Gasteiger partial charge in [0, 0.05) is 28.7 Å². The van der Waals surface area contributed by atoms with Gasteiger partial charge in [-0.05, 0) is 94.3 Å². The second-order valence-electron chi connectivity index (χ2n) is 10.0. The van der Waals surface area contributed by atoms with Crippen LogP contribution in [0, 0.1) is 6.92 Å². The lowest BCUT2D eigenvalue weighted by Gasteiger charge is -2.19. The van der Waals surface area contributed by atoms with Crippen LogP contribution in [0.2, 0.25) is 5.02 Å². The molecule has 0 aromatic heterocycles. The van der Waals surface area contributed by atoms with E-state index < -0.39 is 18.5 Å². The van der Waals surface area contributed by atoms with Crippen molar-refractivity contribution >= 4 is 56.7 Å². The van der Waals surface area contributed by atoms with Gasteiger partial charge in [-0.3, -0.25) is 14.4 Å². The minimum atomic E-state index is -0.555. The Hall–Kier alpha value is -3.36. The Balaban J connectivity index is 1.35. The van der Waals surface area contributed by atoms with Gasteiger partial charge in [-0.2, -0.15) is 0 Å². The number of hydrogen-bond donors (Lipinski definition) is 2. The number of anilines is 2. The molecule has 9 heteroatoms. The number of rotatable bonds is 10. The largest absolute Gasteiger partial charge is 0.457 e. The van der Waals surface area contributed by atoms with Gasteiger partial charge < -0.3 is 20.1 Å². The van der Waals surface area contributed by atoms with E-state index >= 15 is 0 Å². The average Bonchev–Trinajstić information content (AvgIpc) is 2.89. The van der Waals surface area contributed by atoms with Crippen molar-refractivity contribution in [1.29, 1.82) is 0 Å². The summed E-state index contributed by atoms with van der Waals surface area (Å²) in [5.41, 5.74) is 3.16. The Morgan fingerprint density at radius 3 is 2.08 bits per heavy atom. The van der Waals surface area contributed by atoms with Crippen LogP contribution in [0.4, 0.5) is 11.4 Å². The van der Waals surface area contributed by atoms with Gasteiger partial charge in [-0.25, -0.2) is 0 Å². The Bertz CT molecular complexity index is 1320. The van der Waals surface area contributed by atoms with E-state index in [1.54, 1.807) is 43.3 Å². The minimum Gasteiger partial charge on any atom is -0.457 e. The van der Waals surface area contributed by atoms with Crippen molar-refractivity contribution in [3.8, 4) is 11.5 Å². The van der Waals surface area contributed by atoms with Gasteiger partial charge in [0.2, 0.25) is 5.91 Å². The monoisotopic (exact) mass is 614 g/mol. The fourth-order valence-electron chi connectivity index (χ4n) is 3.57. The van der Waals surface area contributed by atoms with Gasteiger partial charge in [-0.15, -0.1) is 0 Å². The standard InChI is InChI=1S/C30H32BrClN2O5/c1-19-25(17-16-24(31)29(19)32)34-27(36)18-38-28(37)7-5-6-26(35)33-21-10-14-23(15-11-21)39-22-12-8-20(9-13-22)30(2,3)4/h8-17H,5-7,18H2,1-4H3,(H,33,35)(H,34,36). The summed E-state index contributed by atoms with van der Waals surface area (Å²) in [7, 11) is 0. The maximum atomic E-state index is 12.3. The van der Waals surface area contributed by atoms with Crippen LogP contribution >= 0.6 is 27.5 Å². The zero-order valence-electron chi connectivity index (χ0n) is 22.4. The predicted molar refractivity (Wildman–Crippen MR) is 158 cm³/mol. The molecule has 206 valence electrons. The Labute approximate surface area is 242 Å². The van der Waals surface area contributed by atoms with Crippen LogP contribution in [0.1, 0.15) is 51.2 Å². The van der Waals surface area contributed by atoms with E-state index in [1.165, 1.54) is 5.56 Å². The molecular formula is C30H32BrClN2O5. The van der Waals surface area contributed by atoms with Crippen molar-refractivity contribution in [3.63, 3.8) is 0 Å². The fraction of sp³-hybridized carbons (Fsp3) is 0.300. The molecule has 39 heavy (non-hydrogen) atoms. The molecule has 0 atom stereocenters. The lowest BCUT2D eigenvalue weighted by atomic mass is 9.87. The normalized spacial score (nSPS) is 11.0. The lowest BCUT2D eigenvalue weighted by molar-refractivity contribution is -0.147. The van der Waals surface area contributed by atoms with Gasteiger partial charge in [0.15, 0.2) is 6.61 Å². The molecule has 2 N–H and O–H groups in total. The second kappa shape index (κ2) is 13.6. The van der Waals surface area contributed by atoms with Crippen LogP contribution in [-0.2, 0) is 24.5 Å². The number of hydrogen-bond acceptors (Lipinski definition) is 5. The van der Waals surface area contributed by atoms with Crippen molar-refractivity contribution in [3.05, 3.63) is 81.3 Å². The smallest absolute Gasteiger partial charge is 0.306 e. The Morgan fingerprint density at radius 2 is 1.46 bits per heavy atom. The zero-order valence-corrected chi connectivity index (χ0v) is 24.7. The topological polar surface area (TPSA) is 93.7 Å². The summed E-state index contributed by atoms with van der Waals surface area (Å²) in [5, 5.41) is 5.96. The van der Waals surface area contributed by atoms with Crippen LogP contribution < -0.4 is 15.4 Å². The summed E-state index contributed by atoms with van der Waals surface area (Å²) in [6, 6.07) is 18.5. The quantitative estimate of drug-likeness (QED) is 0.227. The molecule has 0 unspecified atom stereocenters. The molecule has 0 spiro atoms. The molecule has 0 saturated carbocycles. The molecular weight excluding hydrogens is 584 g/mol. The fourth-order valence-corrected chi connectivity index (χ4v) is 4.17. The van der Waals surface area contributed by atoms with Gasteiger partial charge in [0.1, 0.15) is 11.5 Å². The zero-order chi connectivity index (χ0) is 28.6. The average molecular weight is 616 g/mol. The van der Waals surface area contributed by atoms with Gasteiger partial charge in [0.25, 0.3) is 5.91 Å². The lowest BCUT2D eigenvalue weighted by Crippen LogP contribution is -2.21. The molecule has 3 rings (SSSR count). The number of carbonyl (C=O) groups excluding carboxylic acids is 3. The molecule has 0 aliphatic rings. The van der Waals surface area contributed by atoms with E-state index in [1.807, 2.05) is 12.1 Å². The van der Waals surface area contributed by atoms with E-state index in [2.05, 4.69) is 59.5 Å². The molecule has 0 bridgehead atoms. The number of ether oxygens (including phenoxy) is 2. The summed E-state index contributed by atoms with van der Waals surface area (Å²) in [5.74, 6) is 0.130. The molecule has 0 radical (unpaired) electrons. The SMILES string of the molecule is Cc1c(NC(=O)COC(=O)CCCC(=O)Nc2ccc(Oc3ccc(C(C)(C)C)cc3)cc2)ccc(Br)c1Cl. The summed E-state index contributed by atoms with van der Waals surface area (Å²) in [6.07, 6.45) is 0.445. The van der Waals surface area contributed by atoms with E-state index in [0.717, 1.165) is 10.2 Å². The number of benzene rings is 3. The highest BCUT2D eigenvalue weighted by molar-refractivity contribution is 9.10. The van der Waals surface area contributed by atoms with E-state index in [4.69, 9.17) is 21.1 Å². The van der Waals surface area contributed by atoms with E-state index in [-0.39, 0.29) is 24.2 Å². The third-order valence-corrected chi connectivity index (χ3v) is 7.23. The van der Waals surface area contributed by atoms with Crippen LogP contribution in [-0.4, -0.2) is 24.4 Å². The minimum absolute atomic E-state index is 0.0185. The third kappa shape index (κ3) is 9.41. The molecule has 0 aliphatic heterocycles. The second-order valence-corrected chi connectivity index (χ2v) is 11.3. The predicted octanol–water partition coefficient (Wildman–Crippen LogP) is 7.79. The highest BCUT2D eigenvalue weighted by Gasteiger charge is 2.14. The summed E-state index contributed by atoms with van der Waals surface area (Å²) in [6.45, 7) is 7.83. The van der Waals surface area contributed by atoms with Crippen molar-refractivity contribution in [2.75, 3.05) is 17.2 Å². The molecule has 2 amide bonds. The number of halogens is 2. The van der Waals surface area contributed by atoms with Crippen molar-refractivity contribution in [1.82, 2.24) is 0 Å². The molecule has 0 aliphatic carbocycles. The van der Waals surface area contributed by atoms with Gasteiger partial charge in [-0.1, -0.05) is 44.5 Å². The van der Waals surface area contributed by atoms with Crippen molar-refractivity contribution < 1.29 is 23.9 Å². The van der Waals surface area contributed by atoms with Crippen molar-refractivity contribution in [2.24, 2.45) is 0 Å². The van der Waals surface area contributed by atoms with Gasteiger partial charge >= 0.3 is 5.97 Å². The Kier molecular flexibility index (Phi) is 10.5. The first-order chi connectivity index (χ1) is 18.4. The molecule has 3 aromatic rings. The Morgan fingerprint density at radius 1 is 0.846 bits per heavy atom. The number of nitrogens with one attached hydrogen (secondary N) is 2. The maximum Gasteiger partial charge on any atom is 0.306 e. The highest BCUT2D eigenvalue weighted by Crippen LogP contribution is 2.31. The van der Waals surface area contributed by atoms with Crippen molar-refractivity contribution in [2.45, 2.75) is 52.4 Å². The summed E-state index contributed by atoms with van der Waals surface area (Å²) >= 11 is 9.48. The van der Waals surface area contributed by atoms with Crippen LogP contribution in [0.3, 0.4) is 0 Å². The van der Waals surface area contributed by atoms with Crippen LogP contribution in [0.15, 0.2) is 65.1 Å². The van der Waals surface area contributed by atoms with E-state index in [0.29, 0.717) is 34.1 Å². The maximum absolute atomic E-state index is 12.3. The van der Waals surface area contributed by atoms with Crippen LogP contribution in [0.5, 0.6) is 11.5 Å². The van der Waals surface area contributed by atoms with E-state index in [9.17, 15) is 14.4 Å². The molecule has 3 aromatic carbocycles. The first-order valence-corrected chi connectivity index (χ1v) is 13.7. The first-order valence-electron chi connectivity index (χ1n) is 12.5. The molecule has 0 saturated heterocycles. The van der Waals surface area contributed by atoms with Crippen LogP contribution in [0.25, 0.3) is 0 Å². The summed E-state index contributed by atoms with van der Waals surface area (Å²) in [4.78, 5) is 36.4. The number of carbonyl (C=O) groups is 3. The molecule has 0 fully saturated rings. The molecule has 0 heterocycles. The number of esters is 1. The summed E-state index contributed by atoms with van der Waals surface area (Å²) < 4.78 is 11.6. The number of amides is 2. The first kappa shape index (κ1) is 30.2. The van der Waals surface area contributed by atoms with Gasteiger partial charge in [0.05, 0.1) is 5.02 Å². The molecule has 7 nitrogen and oxygen atoms in total.